The standard InChI is InChI=1S/C21H20F2N2O2S/c1-14-8-10-15(11-9-14)20(18-7-4-12-28-18)24-13-19(26)25-16-5-2-3-6-17(16)27-21(22)23/h2-12,20-21,24H,13H2,1H3,(H,25,26)/t20-/m1/s1. The van der Waals surface area contributed by atoms with Gasteiger partial charge >= 0.3 is 6.61 Å². The molecule has 0 saturated heterocycles. The quantitative estimate of drug-likeness (QED) is 0.559. The van der Waals surface area contributed by atoms with E-state index >= 15 is 0 Å². The lowest BCUT2D eigenvalue weighted by Gasteiger charge is -2.18. The molecule has 7 heteroatoms. The van der Waals surface area contributed by atoms with Crippen molar-refractivity contribution < 1.29 is 18.3 Å². The maximum Gasteiger partial charge on any atom is 0.387 e. The smallest absolute Gasteiger partial charge is 0.387 e. The number of hydrogen-bond acceptors (Lipinski definition) is 4. The van der Waals surface area contributed by atoms with Crippen LogP contribution in [0.5, 0.6) is 5.75 Å². The Morgan fingerprint density at radius 2 is 1.82 bits per heavy atom. The number of hydrogen-bond donors (Lipinski definition) is 2. The minimum absolute atomic E-state index is 0.0133. The lowest BCUT2D eigenvalue weighted by Crippen LogP contribution is -2.31. The summed E-state index contributed by atoms with van der Waals surface area (Å²) in [7, 11) is 0. The summed E-state index contributed by atoms with van der Waals surface area (Å²) in [6.07, 6.45) is 0. The van der Waals surface area contributed by atoms with Gasteiger partial charge in [0, 0.05) is 4.88 Å². The Bertz CT molecular complexity index is 899. The molecule has 0 unspecified atom stereocenters. The molecule has 0 saturated carbocycles. The highest BCUT2D eigenvalue weighted by molar-refractivity contribution is 7.10. The number of anilines is 1. The molecule has 3 rings (SSSR count). The Hall–Kier alpha value is -2.77. The summed E-state index contributed by atoms with van der Waals surface area (Å²) in [5.41, 5.74) is 2.40. The molecular weight excluding hydrogens is 382 g/mol. The van der Waals surface area contributed by atoms with Crippen LogP contribution in [-0.2, 0) is 4.79 Å². The van der Waals surface area contributed by atoms with E-state index in [2.05, 4.69) is 15.4 Å². The molecule has 2 N–H and O–H groups in total. The van der Waals surface area contributed by atoms with Gasteiger partial charge in [-0.3, -0.25) is 10.1 Å². The van der Waals surface area contributed by atoms with Crippen LogP contribution in [-0.4, -0.2) is 19.1 Å². The van der Waals surface area contributed by atoms with Crippen molar-refractivity contribution in [3.8, 4) is 5.75 Å². The fraction of sp³-hybridized carbons (Fsp3) is 0.190. The molecule has 0 aliphatic rings. The first kappa shape index (κ1) is 20.0. The van der Waals surface area contributed by atoms with Crippen molar-refractivity contribution in [3.63, 3.8) is 0 Å². The zero-order valence-electron chi connectivity index (χ0n) is 15.2. The van der Waals surface area contributed by atoms with Crippen LogP contribution in [0.4, 0.5) is 14.5 Å². The van der Waals surface area contributed by atoms with Crippen molar-refractivity contribution in [1.29, 1.82) is 0 Å². The van der Waals surface area contributed by atoms with Gasteiger partial charge in [0.05, 0.1) is 18.3 Å². The summed E-state index contributed by atoms with van der Waals surface area (Å²) in [5, 5.41) is 7.85. The second kappa shape index (κ2) is 9.43. The molecule has 4 nitrogen and oxygen atoms in total. The van der Waals surface area contributed by atoms with Gasteiger partial charge in [-0.2, -0.15) is 8.78 Å². The van der Waals surface area contributed by atoms with Crippen LogP contribution >= 0.6 is 11.3 Å². The summed E-state index contributed by atoms with van der Waals surface area (Å²) in [6, 6.07) is 18.0. The predicted molar refractivity (Wildman–Crippen MR) is 107 cm³/mol. The van der Waals surface area contributed by atoms with Crippen molar-refractivity contribution in [2.24, 2.45) is 0 Å². The number of carbonyl (C=O) groups excluding carboxylic acids is 1. The van der Waals surface area contributed by atoms with Gasteiger partial charge in [-0.1, -0.05) is 48.0 Å². The lowest BCUT2D eigenvalue weighted by molar-refractivity contribution is -0.115. The summed E-state index contributed by atoms with van der Waals surface area (Å²) in [6.45, 7) is -0.927. The van der Waals surface area contributed by atoms with Crippen LogP contribution in [0.15, 0.2) is 66.0 Å². The Morgan fingerprint density at radius 3 is 2.50 bits per heavy atom. The van der Waals surface area contributed by atoms with Gasteiger partial charge in [-0.05, 0) is 36.1 Å². The molecule has 1 heterocycles. The van der Waals surface area contributed by atoms with Gasteiger partial charge in [-0.25, -0.2) is 0 Å². The molecule has 1 aromatic heterocycles. The van der Waals surface area contributed by atoms with Crippen LogP contribution < -0.4 is 15.4 Å². The highest BCUT2D eigenvalue weighted by Gasteiger charge is 2.17. The Labute approximate surface area is 166 Å². The number of amides is 1. The van der Waals surface area contributed by atoms with Crippen molar-refractivity contribution in [3.05, 3.63) is 82.0 Å². The number of rotatable bonds is 8. The zero-order valence-corrected chi connectivity index (χ0v) is 16.0. The molecule has 0 radical (unpaired) electrons. The fourth-order valence-electron chi connectivity index (χ4n) is 2.75. The molecule has 0 spiro atoms. The van der Waals surface area contributed by atoms with Gasteiger partial charge in [0.25, 0.3) is 0 Å². The van der Waals surface area contributed by atoms with Crippen molar-refractivity contribution >= 4 is 22.9 Å². The molecule has 146 valence electrons. The second-order valence-electron chi connectivity index (χ2n) is 6.16. The first-order valence-corrected chi connectivity index (χ1v) is 9.58. The van der Waals surface area contributed by atoms with E-state index in [1.807, 2.05) is 48.7 Å². The third kappa shape index (κ3) is 5.37. The molecule has 1 atom stereocenters. The number of ether oxygens (including phenoxy) is 1. The largest absolute Gasteiger partial charge is 0.433 e. The van der Waals surface area contributed by atoms with Crippen LogP contribution in [0.25, 0.3) is 0 Å². The maximum atomic E-state index is 12.5. The predicted octanol–water partition coefficient (Wildman–Crippen LogP) is 4.98. The number of alkyl halides is 2. The third-order valence-electron chi connectivity index (χ3n) is 4.08. The summed E-state index contributed by atoms with van der Waals surface area (Å²) >= 11 is 1.60. The van der Waals surface area contributed by atoms with E-state index in [0.29, 0.717) is 0 Å². The Balaban J connectivity index is 1.68. The number of nitrogens with one attached hydrogen (secondary N) is 2. The van der Waals surface area contributed by atoms with E-state index in [0.717, 1.165) is 16.0 Å². The van der Waals surface area contributed by atoms with Crippen molar-refractivity contribution in [2.75, 3.05) is 11.9 Å². The molecule has 2 aromatic carbocycles. The Morgan fingerprint density at radius 1 is 1.07 bits per heavy atom. The first-order chi connectivity index (χ1) is 13.5. The van der Waals surface area contributed by atoms with Crippen LogP contribution in [0, 0.1) is 6.92 Å². The molecule has 0 aliphatic heterocycles. The topological polar surface area (TPSA) is 50.4 Å². The summed E-state index contributed by atoms with van der Waals surface area (Å²) in [4.78, 5) is 13.5. The Kier molecular flexibility index (Phi) is 6.73. The van der Waals surface area contributed by atoms with E-state index in [4.69, 9.17) is 0 Å². The molecule has 0 bridgehead atoms. The highest BCUT2D eigenvalue weighted by atomic mass is 32.1. The van der Waals surface area contributed by atoms with E-state index in [-0.39, 0.29) is 29.9 Å². The molecule has 3 aromatic rings. The number of carbonyl (C=O) groups is 1. The van der Waals surface area contributed by atoms with Gasteiger partial charge in [0.1, 0.15) is 5.75 Å². The van der Waals surface area contributed by atoms with Gasteiger partial charge in [0.2, 0.25) is 5.91 Å². The minimum Gasteiger partial charge on any atom is -0.433 e. The van der Waals surface area contributed by atoms with E-state index in [1.54, 1.807) is 23.5 Å². The minimum atomic E-state index is -2.96. The van der Waals surface area contributed by atoms with E-state index in [9.17, 15) is 13.6 Å². The number of aryl methyl sites for hydroxylation is 1. The maximum absolute atomic E-state index is 12.5. The van der Waals surface area contributed by atoms with Gasteiger partial charge < -0.3 is 10.1 Å². The first-order valence-electron chi connectivity index (χ1n) is 8.70. The van der Waals surface area contributed by atoms with E-state index < -0.39 is 6.61 Å². The van der Waals surface area contributed by atoms with Gasteiger partial charge in [-0.15, -0.1) is 11.3 Å². The summed E-state index contributed by atoms with van der Waals surface area (Å²) in [5.74, 6) is -0.418. The van der Waals surface area contributed by atoms with Crippen LogP contribution in [0.3, 0.4) is 0 Å². The average Bonchev–Trinajstić information content (AvgIpc) is 3.19. The monoisotopic (exact) mass is 402 g/mol. The number of benzene rings is 2. The second-order valence-corrected chi connectivity index (χ2v) is 7.14. The van der Waals surface area contributed by atoms with Crippen molar-refractivity contribution in [2.45, 2.75) is 19.6 Å². The fourth-order valence-corrected chi connectivity index (χ4v) is 3.58. The highest BCUT2D eigenvalue weighted by Crippen LogP contribution is 2.27. The average molecular weight is 402 g/mol. The molecule has 0 aliphatic carbocycles. The summed E-state index contributed by atoms with van der Waals surface area (Å²) < 4.78 is 29.5. The van der Waals surface area contributed by atoms with Crippen LogP contribution in [0.2, 0.25) is 0 Å². The number of para-hydroxylation sites is 2. The molecule has 1 amide bonds. The van der Waals surface area contributed by atoms with Crippen molar-refractivity contribution in [1.82, 2.24) is 5.32 Å². The third-order valence-corrected chi connectivity index (χ3v) is 5.02. The number of thiophene rings is 1. The lowest BCUT2D eigenvalue weighted by atomic mass is 10.0. The number of halogens is 2. The zero-order chi connectivity index (χ0) is 19.9. The molecule has 28 heavy (non-hydrogen) atoms. The molecule has 0 fully saturated rings. The molecular formula is C21H20F2N2O2S. The SMILES string of the molecule is Cc1ccc([C@@H](NCC(=O)Nc2ccccc2OC(F)F)c2cccs2)cc1. The van der Waals surface area contributed by atoms with E-state index in [1.165, 1.54) is 12.1 Å². The normalized spacial score (nSPS) is 12.0. The van der Waals surface area contributed by atoms with Gasteiger partial charge in [0.15, 0.2) is 0 Å². The van der Waals surface area contributed by atoms with Crippen LogP contribution in [0.1, 0.15) is 22.0 Å².